The van der Waals surface area contributed by atoms with Crippen molar-refractivity contribution in [1.82, 2.24) is 0 Å². The number of rotatable bonds is 1. The van der Waals surface area contributed by atoms with Crippen molar-refractivity contribution in [2.75, 3.05) is 0 Å². The fourth-order valence-electron chi connectivity index (χ4n) is 0.981. The molecule has 0 bridgehead atoms. The van der Waals surface area contributed by atoms with Crippen LogP contribution in [0.2, 0.25) is 0 Å². The molecule has 0 atom stereocenters. The van der Waals surface area contributed by atoms with E-state index >= 15 is 0 Å². The first-order valence-electron chi connectivity index (χ1n) is 3.08. The summed E-state index contributed by atoms with van der Waals surface area (Å²) in [5, 5.41) is 16.9. The van der Waals surface area contributed by atoms with Gasteiger partial charge in [0.1, 0.15) is 0 Å². The zero-order valence-electron chi connectivity index (χ0n) is 5.93. The molecule has 62 valence electrons. The third kappa shape index (κ3) is 1.24. The van der Waals surface area contributed by atoms with Crippen molar-refractivity contribution in [2.24, 2.45) is 0 Å². The quantitative estimate of drug-likeness (QED) is 0.394. The molecule has 0 amide bonds. The van der Waals surface area contributed by atoms with Crippen LogP contribution in [0.5, 0.6) is 0 Å². The number of benzene rings is 1. The Hall–Kier alpha value is -1.91. The van der Waals surface area contributed by atoms with Crippen molar-refractivity contribution < 1.29 is 14.8 Å². The maximum absolute atomic E-state index is 10.0. The summed E-state index contributed by atoms with van der Waals surface area (Å²) in [6, 6.07) is 5.33. The summed E-state index contributed by atoms with van der Waals surface area (Å²) in [7, 11) is 0. The number of carboxylic acid groups (broad SMARTS) is 1. The molecular weight excluding hydrogens is 162 g/mol. The van der Waals surface area contributed by atoms with Crippen LogP contribution in [0, 0.1) is 10.1 Å². The summed E-state index contributed by atoms with van der Waals surface area (Å²) in [6.45, 7) is -0.250. The smallest absolute Gasteiger partial charge is 0.290 e. The Morgan fingerprint density at radius 2 is 1.83 bits per heavy atom. The van der Waals surface area contributed by atoms with E-state index in [0.717, 1.165) is 11.1 Å². The molecule has 0 spiro atoms. The van der Waals surface area contributed by atoms with Crippen molar-refractivity contribution in [3.8, 4) is 11.1 Å². The van der Waals surface area contributed by atoms with Crippen LogP contribution in [-0.2, 0) is 4.79 Å². The van der Waals surface area contributed by atoms with Crippen LogP contribution in [0.4, 0.5) is 5.69 Å². The molecular formula is C7H5NO4. The Balaban J connectivity index is 0.000000213. The first kappa shape index (κ1) is 8.19. The van der Waals surface area contributed by atoms with E-state index in [1.165, 1.54) is 0 Å². The standard InChI is InChI=1S/C6H3NO2.CH2O2/c8-7(9)6-4-2-1-3-5(4)6;2-1-3/h1-3H;1H,(H,2,3). The van der Waals surface area contributed by atoms with Gasteiger partial charge in [0.25, 0.3) is 12.2 Å². The molecule has 5 heteroatoms. The summed E-state index contributed by atoms with van der Waals surface area (Å²) in [6.07, 6.45) is 0. The summed E-state index contributed by atoms with van der Waals surface area (Å²) in [4.78, 5) is 18.1. The average Bonchev–Trinajstić information content (AvgIpc) is 2.50. The number of nitrogens with zero attached hydrogens (tertiary/aromatic N) is 1. The summed E-state index contributed by atoms with van der Waals surface area (Å²) >= 11 is 0. The van der Waals surface area contributed by atoms with Crippen molar-refractivity contribution in [3.63, 3.8) is 0 Å². The molecule has 0 unspecified atom stereocenters. The number of carbonyl (C=O) groups is 1. The van der Waals surface area contributed by atoms with Crippen molar-refractivity contribution in [2.45, 2.75) is 0 Å². The van der Waals surface area contributed by atoms with Crippen molar-refractivity contribution in [3.05, 3.63) is 28.3 Å². The molecule has 5 nitrogen and oxygen atoms in total. The monoisotopic (exact) mass is 167 g/mol. The van der Waals surface area contributed by atoms with Crippen LogP contribution >= 0.6 is 0 Å². The highest BCUT2D eigenvalue weighted by Gasteiger charge is 2.34. The van der Waals surface area contributed by atoms with Gasteiger partial charge in [-0.15, -0.1) is 0 Å². The van der Waals surface area contributed by atoms with Gasteiger partial charge in [-0.2, -0.15) is 0 Å². The van der Waals surface area contributed by atoms with E-state index in [0.29, 0.717) is 5.69 Å². The molecule has 0 fully saturated rings. The molecule has 0 aliphatic heterocycles. The molecule has 2 rings (SSSR count). The Morgan fingerprint density at radius 1 is 1.42 bits per heavy atom. The SMILES string of the molecule is O=CO.O=[N+]([O-])c1c2cccc1-2. The highest BCUT2D eigenvalue weighted by molar-refractivity contribution is 5.99. The van der Waals surface area contributed by atoms with E-state index in [-0.39, 0.29) is 11.4 Å². The van der Waals surface area contributed by atoms with Gasteiger partial charge in [0.15, 0.2) is 0 Å². The molecule has 2 aliphatic rings. The zero-order valence-corrected chi connectivity index (χ0v) is 5.93. The second-order valence-electron chi connectivity index (χ2n) is 2.06. The Bertz CT molecular complexity index is 314. The second kappa shape index (κ2) is 3.00. The molecule has 0 radical (unpaired) electrons. The maximum atomic E-state index is 10.0. The highest BCUT2D eigenvalue weighted by atomic mass is 16.6. The third-order valence-corrected chi connectivity index (χ3v) is 1.45. The van der Waals surface area contributed by atoms with Crippen LogP contribution in [0.1, 0.15) is 0 Å². The van der Waals surface area contributed by atoms with Crippen molar-refractivity contribution in [1.29, 1.82) is 0 Å². The Labute approximate surface area is 67.4 Å². The van der Waals surface area contributed by atoms with Gasteiger partial charge >= 0.3 is 0 Å². The lowest BCUT2D eigenvalue weighted by atomic mass is 10.6. The minimum absolute atomic E-state index is 0.250. The van der Waals surface area contributed by atoms with Crippen LogP contribution in [0.3, 0.4) is 0 Å². The highest BCUT2D eigenvalue weighted by Crippen LogP contribution is 2.50. The van der Waals surface area contributed by atoms with E-state index in [1.807, 2.05) is 6.07 Å². The first-order chi connectivity index (χ1) is 5.72. The van der Waals surface area contributed by atoms with Gasteiger partial charge in [0, 0.05) is 0 Å². The van der Waals surface area contributed by atoms with E-state index in [1.54, 1.807) is 12.1 Å². The van der Waals surface area contributed by atoms with Crippen LogP contribution in [-0.4, -0.2) is 16.5 Å². The van der Waals surface area contributed by atoms with Crippen LogP contribution in [0.15, 0.2) is 18.2 Å². The molecule has 0 aromatic heterocycles. The first-order valence-corrected chi connectivity index (χ1v) is 3.08. The Morgan fingerprint density at radius 3 is 2.08 bits per heavy atom. The van der Waals surface area contributed by atoms with Crippen LogP contribution < -0.4 is 0 Å². The van der Waals surface area contributed by atoms with E-state index in [9.17, 15) is 10.1 Å². The van der Waals surface area contributed by atoms with E-state index in [4.69, 9.17) is 9.90 Å². The number of hydrogen-bond acceptors (Lipinski definition) is 3. The van der Waals surface area contributed by atoms with Gasteiger partial charge in [0.05, 0.1) is 16.1 Å². The fourth-order valence-corrected chi connectivity index (χ4v) is 0.981. The second-order valence-corrected chi connectivity index (χ2v) is 2.06. The molecule has 0 saturated heterocycles. The van der Waals surface area contributed by atoms with Gasteiger partial charge < -0.3 is 5.11 Å². The Kier molecular flexibility index (Phi) is 2.05. The maximum Gasteiger partial charge on any atom is 0.290 e. The normalized spacial score (nSPS) is 9.33. The molecule has 0 aromatic rings. The lowest BCUT2D eigenvalue weighted by molar-refractivity contribution is -0.379. The van der Waals surface area contributed by atoms with Crippen LogP contribution in [0.25, 0.3) is 11.1 Å². The molecule has 0 aromatic carbocycles. The van der Waals surface area contributed by atoms with Gasteiger partial charge in [0.2, 0.25) is 0 Å². The number of fused-ring (bicyclic) bond motifs is 1. The molecule has 1 N–H and O–H groups in total. The average molecular weight is 167 g/mol. The molecule has 0 saturated carbocycles. The number of hydrogen-bond donors (Lipinski definition) is 1. The predicted octanol–water partition coefficient (Wildman–Crippen LogP) is 1.28. The lowest BCUT2D eigenvalue weighted by Gasteiger charge is -1.71. The minimum Gasteiger partial charge on any atom is -0.483 e. The topological polar surface area (TPSA) is 80.4 Å². The lowest BCUT2D eigenvalue weighted by Crippen LogP contribution is -1.76. The van der Waals surface area contributed by atoms with Gasteiger partial charge in [-0.05, 0) is 12.1 Å². The fraction of sp³-hybridized carbons (Fsp3) is 0. The third-order valence-electron chi connectivity index (χ3n) is 1.45. The largest absolute Gasteiger partial charge is 0.483 e. The minimum atomic E-state index is -0.343. The molecule has 0 heterocycles. The van der Waals surface area contributed by atoms with Gasteiger partial charge in [-0.3, -0.25) is 14.9 Å². The summed E-state index contributed by atoms with van der Waals surface area (Å²) < 4.78 is 0. The van der Waals surface area contributed by atoms with E-state index < -0.39 is 0 Å². The van der Waals surface area contributed by atoms with Gasteiger partial charge in [-0.1, -0.05) is 6.07 Å². The van der Waals surface area contributed by atoms with E-state index in [2.05, 4.69) is 0 Å². The molecule has 2 aliphatic carbocycles. The number of nitro groups is 1. The van der Waals surface area contributed by atoms with Gasteiger partial charge in [-0.25, -0.2) is 0 Å². The number of para-hydroxylation sites is 1. The predicted molar refractivity (Wildman–Crippen MR) is 40.8 cm³/mol. The molecule has 12 heavy (non-hydrogen) atoms. The number of nitro benzene ring substituents is 1. The summed E-state index contributed by atoms with van der Waals surface area (Å²) in [5.74, 6) is 0. The zero-order chi connectivity index (χ0) is 9.14. The summed E-state index contributed by atoms with van der Waals surface area (Å²) in [5.41, 5.74) is 1.91. The van der Waals surface area contributed by atoms with Crippen molar-refractivity contribution >= 4 is 12.2 Å².